The van der Waals surface area contributed by atoms with Gasteiger partial charge >= 0.3 is 6.18 Å². The number of aromatic nitrogens is 3. The van der Waals surface area contributed by atoms with Crippen LogP contribution >= 0.6 is 22.9 Å². The highest BCUT2D eigenvalue weighted by atomic mass is 35.5. The predicted octanol–water partition coefficient (Wildman–Crippen LogP) is 4.10. The maximum atomic E-state index is 12.5. The van der Waals surface area contributed by atoms with Crippen LogP contribution in [0.15, 0.2) is 17.8 Å². The van der Waals surface area contributed by atoms with Gasteiger partial charge in [0.2, 0.25) is 0 Å². The summed E-state index contributed by atoms with van der Waals surface area (Å²) in [6.45, 7) is 1.88. The fourth-order valence-electron chi connectivity index (χ4n) is 1.67. The van der Waals surface area contributed by atoms with Gasteiger partial charge in [0, 0.05) is 11.6 Å². The summed E-state index contributed by atoms with van der Waals surface area (Å²) < 4.78 is 38.9. The number of hydrogen-bond donors (Lipinski definition) is 0. The second kappa shape index (κ2) is 5.50. The Kier molecular flexibility index (Phi) is 4.15. The molecule has 0 bridgehead atoms. The van der Waals surface area contributed by atoms with Crippen molar-refractivity contribution in [2.24, 2.45) is 0 Å². The van der Waals surface area contributed by atoms with Crippen molar-refractivity contribution in [1.29, 1.82) is 0 Å². The van der Waals surface area contributed by atoms with E-state index in [0.717, 1.165) is 23.1 Å². The molecule has 0 amide bonds. The Morgan fingerprint density at radius 2 is 2.21 bits per heavy atom. The molecule has 0 aliphatic carbocycles. The molecular weight excluding hydrogens is 299 g/mol. The van der Waals surface area contributed by atoms with E-state index in [1.807, 2.05) is 6.92 Å². The topological polar surface area (TPSA) is 30.7 Å². The summed E-state index contributed by atoms with van der Waals surface area (Å²) in [6.07, 6.45) is -1.93. The normalized spacial score (nSPS) is 13.7. The third-order valence-electron chi connectivity index (χ3n) is 2.63. The lowest BCUT2D eigenvalue weighted by Crippen LogP contribution is -2.10. The summed E-state index contributed by atoms with van der Waals surface area (Å²) in [5.74, 6) is 0.292. The Morgan fingerprint density at radius 1 is 1.47 bits per heavy atom. The Balaban J connectivity index is 2.29. The first-order valence-corrected chi connectivity index (χ1v) is 6.98. The molecule has 0 N–H and O–H groups in total. The minimum atomic E-state index is -4.37. The van der Waals surface area contributed by atoms with Crippen LogP contribution in [0.1, 0.15) is 35.7 Å². The molecule has 19 heavy (non-hydrogen) atoms. The van der Waals surface area contributed by atoms with Gasteiger partial charge in [0.15, 0.2) is 0 Å². The predicted molar refractivity (Wildman–Crippen MR) is 67.3 cm³/mol. The molecule has 8 heteroatoms. The van der Waals surface area contributed by atoms with Crippen molar-refractivity contribution in [3.8, 4) is 0 Å². The zero-order valence-corrected chi connectivity index (χ0v) is 11.6. The van der Waals surface area contributed by atoms with Crippen LogP contribution in [0, 0.1) is 0 Å². The molecule has 2 aromatic rings. The van der Waals surface area contributed by atoms with Crippen molar-refractivity contribution in [2.45, 2.75) is 31.4 Å². The number of halogens is 4. The van der Waals surface area contributed by atoms with E-state index in [-0.39, 0.29) is 6.04 Å². The van der Waals surface area contributed by atoms with Gasteiger partial charge in [0.1, 0.15) is 11.0 Å². The van der Waals surface area contributed by atoms with Crippen LogP contribution in [0.25, 0.3) is 0 Å². The molecular formula is C11H11ClF3N3S. The Bertz CT molecular complexity index is 549. The molecule has 0 fully saturated rings. The Morgan fingerprint density at radius 3 is 2.68 bits per heavy atom. The van der Waals surface area contributed by atoms with E-state index >= 15 is 0 Å². The highest BCUT2D eigenvalue weighted by molar-refractivity contribution is 7.09. The largest absolute Gasteiger partial charge is 0.419 e. The molecule has 0 saturated carbocycles. The second-order valence-corrected chi connectivity index (χ2v) is 5.10. The fraction of sp³-hybridized carbons (Fsp3) is 0.455. The summed E-state index contributed by atoms with van der Waals surface area (Å²) in [5.41, 5.74) is -0.0246. The zero-order valence-electron chi connectivity index (χ0n) is 9.99. The van der Waals surface area contributed by atoms with Gasteiger partial charge < -0.3 is 0 Å². The first kappa shape index (κ1) is 14.3. The lowest BCUT2D eigenvalue weighted by atomic mass is 10.2. The molecule has 0 radical (unpaired) electrons. The Labute approximate surface area is 117 Å². The third-order valence-corrected chi connectivity index (χ3v) is 3.89. The highest BCUT2D eigenvalue weighted by Gasteiger charge is 2.33. The van der Waals surface area contributed by atoms with Crippen LogP contribution in [-0.2, 0) is 12.1 Å². The summed E-state index contributed by atoms with van der Waals surface area (Å²) >= 11 is 7.05. The molecule has 1 atom stereocenters. The summed E-state index contributed by atoms with van der Waals surface area (Å²) in [4.78, 5) is 4.29. The van der Waals surface area contributed by atoms with E-state index in [1.165, 1.54) is 16.0 Å². The maximum Gasteiger partial charge on any atom is 0.419 e. The third kappa shape index (κ3) is 3.09. The van der Waals surface area contributed by atoms with Crippen LogP contribution in [0.3, 0.4) is 0 Å². The van der Waals surface area contributed by atoms with Crippen molar-refractivity contribution < 1.29 is 13.2 Å². The van der Waals surface area contributed by atoms with Crippen LogP contribution in [-0.4, -0.2) is 14.8 Å². The van der Waals surface area contributed by atoms with E-state index in [2.05, 4.69) is 10.1 Å². The molecule has 0 aromatic carbocycles. The lowest BCUT2D eigenvalue weighted by Gasteiger charge is -2.12. The number of thiazole rings is 1. The highest BCUT2D eigenvalue weighted by Crippen LogP contribution is 2.31. The standard InChI is InChI=1S/C11H11ClF3N3S/c1-2-9(10-17-8(3-12)6-19-10)18-5-7(4-16-18)11(13,14)15/h4-6,9H,2-3H2,1H3. The van der Waals surface area contributed by atoms with Crippen molar-refractivity contribution in [3.63, 3.8) is 0 Å². The minimum absolute atomic E-state index is 0.292. The van der Waals surface area contributed by atoms with Crippen molar-refractivity contribution in [2.75, 3.05) is 0 Å². The van der Waals surface area contributed by atoms with E-state index < -0.39 is 11.7 Å². The van der Waals surface area contributed by atoms with E-state index in [9.17, 15) is 13.2 Å². The number of alkyl halides is 4. The van der Waals surface area contributed by atoms with E-state index in [1.54, 1.807) is 5.38 Å². The Hall–Kier alpha value is -1.08. The molecule has 2 heterocycles. The van der Waals surface area contributed by atoms with E-state index in [4.69, 9.17) is 11.6 Å². The van der Waals surface area contributed by atoms with Crippen LogP contribution in [0.5, 0.6) is 0 Å². The molecule has 0 aliphatic heterocycles. The van der Waals surface area contributed by atoms with Crippen LogP contribution in [0.4, 0.5) is 13.2 Å². The van der Waals surface area contributed by atoms with Crippen LogP contribution < -0.4 is 0 Å². The molecule has 3 nitrogen and oxygen atoms in total. The average molecular weight is 310 g/mol. The molecule has 2 aromatic heterocycles. The number of rotatable bonds is 4. The summed E-state index contributed by atoms with van der Waals surface area (Å²) in [6, 6.07) is -0.293. The van der Waals surface area contributed by atoms with E-state index in [0.29, 0.717) is 12.3 Å². The SMILES string of the molecule is CCC(c1nc(CCl)cs1)n1cc(C(F)(F)F)cn1. The number of hydrogen-bond acceptors (Lipinski definition) is 3. The molecule has 0 spiro atoms. The quantitative estimate of drug-likeness (QED) is 0.796. The van der Waals surface area contributed by atoms with Crippen molar-refractivity contribution in [1.82, 2.24) is 14.8 Å². The number of nitrogens with zero attached hydrogens (tertiary/aromatic N) is 3. The molecule has 1 unspecified atom stereocenters. The maximum absolute atomic E-state index is 12.5. The average Bonchev–Trinajstić information content (AvgIpc) is 2.98. The summed E-state index contributed by atoms with van der Waals surface area (Å²) in [5, 5.41) is 6.32. The van der Waals surface area contributed by atoms with Gasteiger partial charge in [-0.3, -0.25) is 4.68 Å². The van der Waals surface area contributed by atoms with Gasteiger partial charge in [-0.2, -0.15) is 18.3 Å². The molecule has 0 saturated heterocycles. The molecule has 2 rings (SSSR count). The van der Waals surface area contributed by atoms with Crippen molar-refractivity contribution in [3.05, 3.63) is 34.0 Å². The van der Waals surface area contributed by atoms with Gasteiger partial charge in [-0.1, -0.05) is 6.92 Å². The molecule has 104 valence electrons. The van der Waals surface area contributed by atoms with Gasteiger partial charge in [-0.15, -0.1) is 22.9 Å². The van der Waals surface area contributed by atoms with Gasteiger partial charge in [0.05, 0.1) is 23.3 Å². The second-order valence-electron chi connectivity index (χ2n) is 3.94. The first-order chi connectivity index (χ1) is 8.95. The molecule has 0 aliphatic rings. The zero-order chi connectivity index (χ0) is 14.0. The fourth-order valence-corrected chi connectivity index (χ4v) is 2.89. The van der Waals surface area contributed by atoms with Gasteiger partial charge in [0.25, 0.3) is 0 Å². The smallest absolute Gasteiger partial charge is 0.262 e. The van der Waals surface area contributed by atoms with Gasteiger partial charge in [-0.05, 0) is 6.42 Å². The monoisotopic (exact) mass is 309 g/mol. The minimum Gasteiger partial charge on any atom is -0.262 e. The lowest BCUT2D eigenvalue weighted by molar-refractivity contribution is -0.137. The van der Waals surface area contributed by atoms with Gasteiger partial charge in [-0.25, -0.2) is 4.98 Å². The first-order valence-electron chi connectivity index (χ1n) is 5.57. The van der Waals surface area contributed by atoms with Crippen LogP contribution in [0.2, 0.25) is 0 Å². The van der Waals surface area contributed by atoms with Crippen molar-refractivity contribution >= 4 is 22.9 Å². The summed E-state index contributed by atoms with van der Waals surface area (Å²) in [7, 11) is 0.